The summed E-state index contributed by atoms with van der Waals surface area (Å²) in [6.45, 7) is 2.04. The maximum Gasteiger partial charge on any atom is 0.339 e. The first-order chi connectivity index (χ1) is 9.92. The number of halogens is 2. The summed E-state index contributed by atoms with van der Waals surface area (Å²) in [5.74, 6) is 0.370. The molecule has 2 aromatic carbocycles. The normalized spacial score (nSPS) is 11.4. The van der Waals surface area contributed by atoms with E-state index >= 15 is 0 Å². The molecule has 0 radical (unpaired) electrons. The summed E-state index contributed by atoms with van der Waals surface area (Å²) in [6.07, 6.45) is 1.68. The van der Waals surface area contributed by atoms with Crippen LogP contribution >= 0.6 is 31.9 Å². The Labute approximate surface area is 141 Å². The first-order valence-corrected chi connectivity index (χ1v) is 9.40. The van der Waals surface area contributed by atoms with E-state index in [9.17, 15) is 8.42 Å². The standard InChI is InChI=1S/C15H14Br2O3S/c1-2-3-11-4-5-13(17)10-15(11)20-21(18,19)14-8-6-12(16)7-9-14/h4-10H,2-3H2,1H3. The van der Waals surface area contributed by atoms with Crippen LogP contribution in [0.4, 0.5) is 0 Å². The fraction of sp³-hybridized carbons (Fsp3) is 0.200. The zero-order valence-electron chi connectivity index (χ0n) is 11.3. The van der Waals surface area contributed by atoms with E-state index in [1.54, 1.807) is 18.2 Å². The van der Waals surface area contributed by atoms with Crippen molar-refractivity contribution in [1.29, 1.82) is 0 Å². The van der Waals surface area contributed by atoms with Crippen molar-refractivity contribution in [1.82, 2.24) is 0 Å². The summed E-state index contributed by atoms with van der Waals surface area (Å²) >= 11 is 6.62. The monoisotopic (exact) mass is 432 g/mol. The van der Waals surface area contributed by atoms with Gasteiger partial charge in [-0.1, -0.05) is 51.3 Å². The highest BCUT2D eigenvalue weighted by Gasteiger charge is 2.18. The predicted octanol–water partition coefficient (Wildman–Crippen LogP) is 4.93. The molecule has 0 aliphatic carbocycles. The molecular weight excluding hydrogens is 420 g/mol. The molecule has 0 N–H and O–H groups in total. The van der Waals surface area contributed by atoms with Gasteiger partial charge in [0.25, 0.3) is 0 Å². The van der Waals surface area contributed by atoms with Crippen molar-refractivity contribution >= 4 is 42.0 Å². The molecule has 2 rings (SSSR count). The van der Waals surface area contributed by atoms with E-state index in [0.717, 1.165) is 27.4 Å². The molecule has 0 amide bonds. The van der Waals surface area contributed by atoms with E-state index in [1.165, 1.54) is 12.1 Å². The van der Waals surface area contributed by atoms with E-state index in [4.69, 9.17) is 4.18 Å². The lowest BCUT2D eigenvalue weighted by molar-refractivity contribution is 0.482. The minimum Gasteiger partial charge on any atom is -0.379 e. The van der Waals surface area contributed by atoms with Crippen molar-refractivity contribution in [2.24, 2.45) is 0 Å². The Bertz CT molecular complexity index is 725. The molecule has 0 bridgehead atoms. The zero-order chi connectivity index (χ0) is 15.5. The molecule has 0 atom stereocenters. The highest BCUT2D eigenvalue weighted by atomic mass is 79.9. The lowest BCUT2D eigenvalue weighted by Crippen LogP contribution is -2.11. The van der Waals surface area contributed by atoms with Crippen LogP contribution in [0.5, 0.6) is 5.75 Å². The Kier molecular flexibility index (Phi) is 5.46. The molecule has 2 aromatic rings. The fourth-order valence-corrected chi connectivity index (χ4v) is 3.41. The van der Waals surface area contributed by atoms with Crippen molar-refractivity contribution in [2.45, 2.75) is 24.7 Å². The van der Waals surface area contributed by atoms with Crippen LogP contribution in [0.25, 0.3) is 0 Å². The third-order valence-electron chi connectivity index (χ3n) is 2.85. The quantitative estimate of drug-likeness (QED) is 0.627. The van der Waals surface area contributed by atoms with Gasteiger partial charge in [-0.25, -0.2) is 0 Å². The van der Waals surface area contributed by atoms with E-state index in [-0.39, 0.29) is 4.90 Å². The van der Waals surface area contributed by atoms with Gasteiger partial charge in [0.05, 0.1) is 0 Å². The smallest absolute Gasteiger partial charge is 0.339 e. The Balaban J connectivity index is 2.36. The topological polar surface area (TPSA) is 43.4 Å². The van der Waals surface area contributed by atoms with Gasteiger partial charge in [0.15, 0.2) is 0 Å². The molecule has 0 fully saturated rings. The summed E-state index contributed by atoms with van der Waals surface area (Å²) in [5.41, 5.74) is 0.876. The number of hydrogen-bond acceptors (Lipinski definition) is 3. The Morgan fingerprint density at radius 3 is 2.24 bits per heavy atom. The third kappa shape index (κ3) is 4.31. The van der Waals surface area contributed by atoms with Gasteiger partial charge in [-0.15, -0.1) is 0 Å². The Morgan fingerprint density at radius 1 is 1.00 bits per heavy atom. The van der Waals surface area contributed by atoms with Crippen LogP contribution in [0, 0.1) is 0 Å². The Hall–Kier alpha value is -0.850. The van der Waals surface area contributed by atoms with Crippen LogP contribution in [0.15, 0.2) is 56.3 Å². The average molecular weight is 434 g/mol. The molecule has 6 heteroatoms. The van der Waals surface area contributed by atoms with Crippen molar-refractivity contribution in [3.8, 4) is 5.75 Å². The second-order valence-electron chi connectivity index (χ2n) is 4.49. The fourth-order valence-electron chi connectivity index (χ4n) is 1.85. The maximum atomic E-state index is 12.3. The average Bonchev–Trinajstić information content (AvgIpc) is 2.42. The number of aryl methyl sites for hydroxylation is 1. The number of rotatable bonds is 5. The minimum absolute atomic E-state index is 0.133. The molecule has 0 aromatic heterocycles. The highest BCUT2D eigenvalue weighted by Crippen LogP contribution is 2.28. The van der Waals surface area contributed by atoms with E-state index in [1.807, 2.05) is 19.1 Å². The van der Waals surface area contributed by atoms with Gasteiger partial charge in [0, 0.05) is 8.95 Å². The Morgan fingerprint density at radius 2 is 1.62 bits per heavy atom. The minimum atomic E-state index is -3.83. The van der Waals surface area contributed by atoms with Crippen LogP contribution in [-0.4, -0.2) is 8.42 Å². The largest absolute Gasteiger partial charge is 0.379 e. The molecule has 3 nitrogen and oxygen atoms in total. The molecule has 0 heterocycles. The summed E-state index contributed by atoms with van der Waals surface area (Å²) in [7, 11) is -3.83. The summed E-state index contributed by atoms with van der Waals surface area (Å²) in [5, 5.41) is 0. The first-order valence-electron chi connectivity index (χ1n) is 6.41. The van der Waals surface area contributed by atoms with E-state index in [2.05, 4.69) is 31.9 Å². The van der Waals surface area contributed by atoms with E-state index < -0.39 is 10.1 Å². The van der Waals surface area contributed by atoms with Gasteiger partial charge in [-0.05, 0) is 48.4 Å². The van der Waals surface area contributed by atoms with Crippen molar-refractivity contribution in [3.63, 3.8) is 0 Å². The lowest BCUT2D eigenvalue weighted by atomic mass is 10.1. The molecule has 0 unspecified atom stereocenters. The second-order valence-corrected chi connectivity index (χ2v) is 7.87. The molecule has 0 aliphatic rings. The second kappa shape index (κ2) is 6.94. The van der Waals surface area contributed by atoms with Crippen LogP contribution in [0.3, 0.4) is 0 Å². The lowest BCUT2D eigenvalue weighted by Gasteiger charge is -2.11. The van der Waals surface area contributed by atoms with Crippen molar-refractivity contribution in [2.75, 3.05) is 0 Å². The first kappa shape index (κ1) is 16.5. The van der Waals surface area contributed by atoms with Gasteiger partial charge >= 0.3 is 10.1 Å². The molecule has 0 spiro atoms. The molecule has 112 valence electrons. The molecular formula is C15H14Br2O3S. The van der Waals surface area contributed by atoms with Gasteiger partial charge < -0.3 is 4.18 Å². The van der Waals surface area contributed by atoms with Gasteiger partial charge in [0.1, 0.15) is 10.6 Å². The van der Waals surface area contributed by atoms with Crippen molar-refractivity contribution in [3.05, 3.63) is 57.0 Å². The third-order valence-corrected chi connectivity index (χ3v) is 5.12. The molecule has 21 heavy (non-hydrogen) atoms. The summed E-state index contributed by atoms with van der Waals surface area (Å²) in [6, 6.07) is 11.8. The van der Waals surface area contributed by atoms with Crippen LogP contribution < -0.4 is 4.18 Å². The number of benzene rings is 2. The molecule has 0 saturated heterocycles. The highest BCUT2D eigenvalue weighted by molar-refractivity contribution is 9.10. The van der Waals surface area contributed by atoms with Gasteiger partial charge in [-0.2, -0.15) is 8.42 Å². The SMILES string of the molecule is CCCc1ccc(Br)cc1OS(=O)(=O)c1ccc(Br)cc1. The summed E-state index contributed by atoms with van der Waals surface area (Å²) < 4.78 is 31.6. The summed E-state index contributed by atoms with van der Waals surface area (Å²) in [4.78, 5) is 0.133. The van der Waals surface area contributed by atoms with Crippen LogP contribution in [0.1, 0.15) is 18.9 Å². The van der Waals surface area contributed by atoms with Gasteiger partial charge in [0.2, 0.25) is 0 Å². The molecule has 0 saturated carbocycles. The predicted molar refractivity (Wildman–Crippen MR) is 90.1 cm³/mol. The van der Waals surface area contributed by atoms with Gasteiger partial charge in [-0.3, -0.25) is 0 Å². The van der Waals surface area contributed by atoms with E-state index in [0.29, 0.717) is 5.75 Å². The van der Waals surface area contributed by atoms with Crippen molar-refractivity contribution < 1.29 is 12.6 Å². The maximum absolute atomic E-state index is 12.3. The van der Waals surface area contributed by atoms with Crippen LogP contribution in [-0.2, 0) is 16.5 Å². The number of hydrogen-bond donors (Lipinski definition) is 0. The molecule has 0 aliphatic heterocycles. The zero-order valence-corrected chi connectivity index (χ0v) is 15.3. The van der Waals surface area contributed by atoms with Crippen LogP contribution in [0.2, 0.25) is 0 Å².